The zero-order valence-electron chi connectivity index (χ0n) is 14.3. The van der Waals surface area contributed by atoms with E-state index >= 15 is 0 Å². The lowest BCUT2D eigenvalue weighted by molar-refractivity contribution is -0.116. The van der Waals surface area contributed by atoms with Crippen molar-refractivity contribution in [2.24, 2.45) is 0 Å². The Bertz CT molecular complexity index is 919. The molecule has 0 radical (unpaired) electrons. The fourth-order valence-corrected chi connectivity index (χ4v) is 3.13. The number of hydrogen-bond donors (Lipinski definition) is 2. The van der Waals surface area contributed by atoms with E-state index in [9.17, 15) is 26.4 Å². The molecule has 0 aliphatic rings. The Morgan fingerprint density at radius 3 is 2.30 bits per heavy atom. The molecule has 0 saturated heterocycles. The Balaban J connectivity index is 1.91. The monoisotopic (exact) mass is 402 g/mol. The lowest BCUT2D eigenvalue weighted by Crippen LogP contribution is -2.28. The van der Waals surface area contributed by atoms with Gasteiger partial charge in [0.1, 0.15) is 11.6 Å². The number of carbonyl (C=O) groups is 1. The maximum atomic E-state index is 13.5. The lowest BCUT2D eigenvalue weighted by atomic mass is 10.2. The zero-order chi connectivity index (χ0) is 20.0. The summed E-state index contributed by atoms with van der Waals surface area (Å²) in [6, 6.07) is 6.51. The van der Waals surface area contributed by atoms with Gasteiger partial charge in [-0.3, -0.25) is 4.79 Å². The number of sulfonamides is 1. The molecule has 0 aliphatic carbocycles. The third-order valence-electron chi connectivity index (χ3n) is 3.37. The third kappa shape index (κ3) is 5.69. The second kappa shape index (κ2) is 8.87. The van der Waals surface area contributed by atoms with Crippen LogP contribution in [-0.4, -0.2) is 27.5 Å². The average Bonchev–Trinajstić information content (AvgIpc) is 2.60. The highest BCUT2D eigenvalue weighted by Crippen LogP contribution is 2.19. The Hall–Kier alpha value is -2.59. The molecular formula is C17H17F3N2O4S. The maximum absolute atomic E-state index is 13.5. The summed E-state index contributed by atoms with van der Waals surface area (Å²) < 4.78 is 71.1. The van der Waals surface area contributed by atoms with Crippen molar-refractivity contribution in [1.82, 2.24) is 4.72 Å². The van der Waals surface area contributed by atoms with Gasteiger partial charge >= 0.3 is 0 Å². The summed E-state index contributed by atoms with van der Waals surface area (Å²) in [6.07, 6.45) is -0.339. The summed E-state index contributed by atoms with van der Waals surface area (Å²) in [5.41, 5.74) is -0.534. The standard InChI is InChI=1S/C17H17F3N2O4S/c1-2-26-11-3-5-12(6-4-11)27(24,25)21-8-7-17(23)22-16-10-14(19)13(18)9-15(16)20/h3-6,9-10,21H,2,7-8H2,1H3,(H,22,23). The van der Waals surface area contributed by atoms with Crippen molar-refractivity contribution in [2.45, 2.75) is 18.2 Å². The molecular weight excluding hydrogens is 385 g/mol. The van der Waals surface area contributed by atoms with Crippen LogP contribution in [0.25, 0.3) is 0 Å². The van der Waals surface area contributed by atoms with Crippen molar-refractivity contribution in [3.63, 3.8) is 0 Å². The Labute approximate surface area is 154 Å². The number of hydrogen-bond acceptors (Lipinski definition) is 4. The number of halogens is 3. The van der Waals surface area contributed by atoms with E-state index < -0.39 is 39.1 Å². The van der Waals surface area contributed by atoms with Gasteiger partial charge in [0.2, 0.25) is 15.9 Å². The van der Waals surface area contributed by atoms with Crippen LogP contribution in [0.15, 0.2) is 41.3 Å². The number of nitrogens with one attached hydrogen (secondary N) is 2. The summed E-state index contributed by atoms with van der Waals surface area (Å²) in [4.78, 5) is 11.7. The SMILES string of the molecule is CCOc1ccc(S(=O)(=O)NCCC(=O)Nc2cc(F)c(F)cc2F)cc1. The Morgan fingerprint density at radius 2 is 1.67 bits per heavy atom. The van der Waals surface area contributed by atoms with Gasteiger partial charge in [0.25, 0.3) is 0 Å². The number of amides is 1. The molecule has 0 atom stereocenters. The Kier molecular flexibility index (Phi) is 6.81. The smallest absolute Gasteiger partial charge is 0.240 e. The summed E-state index contributed by atoms with van der Waals surface area (Å²) >= 11 is 0. The second-order valence-corrected chi connectivity index (χ2v) is 7.11. The van der Waals surface area contributed by atoms with E-state index in [0.717, 1.165) is 0 Å². The summed E-state index contributed by atoms with van der Waals surface area (Å²) in [5, 5.41) is 2.05. The lowest BCUT2D eigenvalue weighted by Gasteiger charge is -2.09. The van der Waals surface area contributed by atoms with Gasteiger partial charge in [0.05, 0.1) is 17.2 Å². The molecule has 2 aromatic rings. The van der Waals surface area contributed by atoms with Crippen LogP contribution in [0.3, 0.4) is 0 Å². The number of rotatable bonds is 8. The minimum absolute atomic E-state index is 0.0157. The molecule has 0 aliphatic heterocycles. The molecule has 0 saturated carbocycles. The van der Waals surface area contributed by atoms with Gasteiger partial charge in [0, 0.05) is 25.1 Å². The van der Waals surface area contributed by atoms with Gasteiger partial charge in [-0.1, -0.05) is 0 Å². The van der Waals surface area contributed by atoms with Gasteiger partial charge in [0.15, 0.2) is 11.6 Å². The molecule has 0 bridgehead atoms. The first kappa shape index (κ1) is 20.7. The van der Waals surface area contributed by atoms with Crippen LogP contribution in [-0.2, 0) is 14.8 Å². The van der Waals surface area contributed by atoms with Crippen molar-refractivity contribution in [3.05, 3.63) is 53.8 Å². The van der Waals surface area contributed by atoms with Gasteiger partial charge < -0.3 is 10.1 Å². The Morgan fingerprint density at radius 1 is 1.04 bits per heavy atom. The van der Waals surface area contributed by atoms with Crippen molar-refractivity contribution in [1.29, 1.82) is 0 Å². The average molecular weight is 402 g/mol. The second-order valence-electron chi connectivity index (χ2n) is 5.35. The van der Waals surface area contributed by atoms with Crippen LogP contribution >= 0.6 is 0 Å². The molecule has 10 heteroatoms. The van der Waals surface area contributed by atoms with E-state index in [1.165, 1.54) is 24.3 Å². The van der Waals surface area contributed by atoms with Crippen LogP contribution in [0.2, 0.25) is 0 Å². The van der Waals surface area contributed by atoms with E-state index in [0.29, 0.717) is 24.5 Å². The molecule has 27 heavy (non-hydrogen) atoms. The predicted molar refractivity (Wildman–Crippen MR) is 92.4 cm³/mol. The van der Waals surface area contributed by atoms with Crippen molar-refractivity contribution < 1.29 is 31.1 Å². The number of anilines is 1. The van der Waals surface area contributed by atoms with E-state index in [1.807, 2.05) is 0 Å². The summed E-state index contributed by atoms with van der Waals surface area (Å²) in [7, 11) is -3.85. The number of ether oxygens (including phenoxy) is 1. The highest BCUT2D eigenvalue weighted by atomic mass is 32.2. The first-order chi connectivity index (χ1) is 12.7. The fraction of sp³-hybridized carbons (Fsp3) is 0.235. The van der Waals surface area contributed by atoms with Gasteiger partial charge in [-0.25, -0.2) is 26.3 Å². The van der Waals surface area contributed by atoms with Crippen LogP contribution in [0.4, 0.5) is 18.9 Å². The molecule has 2 aromatic carbocycles. The highest BCUT2D eigenvalue weighted by Gasteiger charge is 2.16. The van der Waals surface area contributed by atoms with Crippen LogP contribution < -0.4 is 14.8 Å². The quantitative estimate of drug-likeness (QED) is 0.665. The fourth-order valence-electron chi connectivity index (χ4n) is 2.10. The minimum Gasteiger partial charge on any atom is -0.494 e. The topological polar surface area (TPSA) is 84.5 Å². The van der Waals surface area contributed by atoms with E-state index in [1.54, 1.807) is 6.92 Å². The molecule has 2 N–H and O–H groups in total. The molecule has 1 amide bonds. The number of carbonyl (C=O) groups excluding carboxylic acids is 1. The van der Waals surface area contributed by atoms with Gasteiger partial charge in [-0.2, -0.15) is 0 Å². The molecule has 0 heterocycles. The molecule has 0 unspecified atom stereocenters. The largest absolute Gasteiger partial charge is 0.494 e. The molecule has 0 aromatic heterocycles. The first-order valence-corrected chi connectivity index (χ1v) is 9.38. The van der Waals surface area contributed by atoms with Gasteiger partial charge in [-0.05, 0) is 31.2 Å². The number of benzene rings is 2. The summed E-state index contributed by atoms with van der Waals surface area (Å²) in [5.74, 6) is -4.09. The zero-order valence-corrected chi connectivity index (χ0v) is 15.1. The first-order valence-electron chi connectivity index (χ1n) is 7.90. The molecule has 0 fully saturated rings. The highest BCUT2D eigenvalue weighted by molar-refractivity contribution is 7.89. The van der Waals surface area contributed by atoms with Crippen molar-refractivity contribution in [2.75, 3.05) is 18.5 Å². The summed E-state index contributed by atoms with van der Waals surface area (Å²) in [6.45, 7) is 1.97. The van der Waals surface area contributed by atoms with E-state index in [4.69, 9.17) is 4.74 Å². The normalized spacial score (nSPS) is 11.3. The molecule has 6 nitrogen and oxygen atoms in total. The van der Waals surface area contributed by atoms with Crippen molar-refractivity contribution in [3.8, 4) is 5.75 Å². The maximum Gasteiger partial charge on any atom is 0.240 e. The third-order valence-corrected chi connectivity index (χ3v) is 4.85. The molecule has 0 spiro atoms. The molecule has 2 rings (SSSR count). The minimum atomic E-state index is -3.85. The van der Waals surface area contributed by atoms with Gasteiger partial charge in [-0.15, -0.1) is 0 Å². The molecule has 146 valence electrons. The van der Waals surface area contributed by atoms with Crippen molar-refractivity contribution >= 4 is 21.6 Å². The van der Waals surface area contributed by atoms with E-state index in [2.05, 4.69) is 10.0 Å². The van der Waals surface area contributed by atoms with Crippen LogP contribution in [0.1, 0.15) is 13.3 Å². The van der Waals surface area contributed by atoms with Crippen LogP contribution in [0, 0.1) is 17.5 Å². The van der Waals surface area contributed by atoms with E-state index in [-0.39, 0.29) is 17.9 Å². The van der Waals surface area contributed by atoms with Crippen LogP contribution in [0.5, 0.6) is 5.75 Å². The predicted octanol–water partition coefficient (Wildman–Crippen LogP) is 2.81.